The molecule has 2 amide bonds. The first kappa shape index (κ1) is 18.6. The van der Waals surface area contributed by atoms with E-state index in [1.807, 2.05) is 31.2 Å². The highest BCUT2D eigenvalue weighted by Crippen LogP contribution is 2.30. The van der Waals surface area contributed by atoms with Gasteiger partial charge in [0.15, 0.2) is 0 Å². The molecule has 1 atom stereocenters. The zero-order valence-corrected chi connectivity index (χ0v) is 16.3. The molecule has 148 valence electrons. The molecule has 8 heteroatoms. The molecular weight excluding hydrogens is 356 g/mol. The molecule has 0 saturated carbocycles. The number of nitrogens with one attached hydrogen (secondary N) is 3. The number of hydrogen-bond acceptors (Lipinski definition) is 6. The molecule has 1 aromatic carbocycles. The monoisotopic (exact) mass is 382 g/mol. The number of nitrogens with zero attached hydrogens (tertiary/aromatic N) is 3. The van der Waals surface area contributed by atoms with Crippen LogP contribution >= 0.6 is 0 Å². The predicted octanol–water partition coefficient (Wildman–Crippen LogP) is 2.11. The summed E-state index contributed by atoms with van der Waals surface area (Å²) in [5.74, 6) is 0.762. The average Bonchev–Trinajstić information content (AvgIpc) is 3.17. The lowest BCUT2D eigenvalue weighted by Gasteiger charge is -2.33. The van der Waals surface area contributed by atoms with Crippen LogP contribution in [-0.2, 0) is 17.8 Å². The molecule has 2 aliphatic heterocycles. The third-order valence-corrected chi connectivity index (χ3v) is 5.05. The maximum absolute atomic E-state index is 11.7. The number of hydrogen-bond donors (Lipinski definition) is 3. The number of carbonyl (C=O) groups excluding carboxylic acids is 1. The normalized spacial score (nSPS) is 18.6. The van der Waals surface area contributed by atoms with E-state index >= 15 is 0 Å². The van der Waals surface area contributed by atoms with Crippen LogP contribution in [0.25, 0.3) is 11.3 Å². The minimum Gasteiger partial charge on any atom is -0.377 e. The van der Waals surface area contributed by atoms with Crippen molar-refractivity contribution in [2.75, 3.05) is 36.5 Å². The maximum Gasteiger partial charge on any atom is 0.319 e. The fourth-order valence-corrected chi connectivity index (χ4v) is 3.59. The van der Waals surface area contributed by atoms with E-state index in [-0.39, 0.29) is 12.1 Å². The van der Waals surface area contributed by atoms with Crippen LogP contribution in [0.15, 0.2) is 24.3 Å². The van der Waals surface area contributed by atoms with Gasteiger partial charge in [0.25, 0.3) is 0 Å². The van der Waals surface area contributed by atoms with E-state index in [4.69, 9.17) is 14.7 Å². The van der Waals surface area contributed by atoms with Crippen molar-refractivity contribution in [2.24, 2.45) is 0 Å². The van der Waals surface area contributed by atoms with Crippen LogP contribution in [0.1, 0.15) is 25.1 Å². The molecule has 1 fully saturated rings. The van der Waals surface area contributed by atoms with Crippen LogP contribution in [0.4, 0.5) is 16.4 Å². The van der Waals surface area contributed by atoms with Gasteiger partial charge in [-0.3, -0.25) is 0 Å². The highest BCUT2D eigenvalue weighted by Gasteiger charge is 2.26. The van der Waals surface area contributed by atoms with Gasteiger partial charge in [0, 0.05) is 43.0 Å². The molecule has 3 heterocycles. The molecule has 0 radical (unpaired) electrons. The average molecular weight is 382 g/mol. The number of rotatable bonds is 4. The first-order valence-corrected chi connectivity index (χ1v) is 9.76. The van der Waals surface area contributed by atoms with Crippen LogP contribution < -0.4 is 20.9 Å². The molecular formula is C20H26N6O2. The molecule has 28 heavy (non-hydrogen) atoms. The van der Waals surface area contributed by atoms with Gasteiger partial charge in [-0.15, -0.1) is 0 Å². The summed E-state index contributed by atoms with van der Waals surface area (Å²) < 4.78 is 5.55. The van der Waals surface area contributed by atoms with Crippen molar-refractivity contribution in [1.82, 2.24) is 20.6 Å². The minimum absolute atomic E-state index is 0.203. The number of anilines is 2. The predicted molar refractivity (Wildman–Crippen MR) is 108 cm³/mol. The minimum atomic E-state index is -0.203. The molecule has 0 bridgehead atoms. The van der Waals surface area contributed by atoms with Gasteiger partial charge in [-0.1, -0.05) is 12.1 Å². The zero-order valence-electron chi connectivity index (χ0n) is 16.3. The number of morpholine rings is 1. The first-order chi connectivity index (χ1) is 13.7. The van der Waals surface area contributed by atoms with Gasteiger partial charge in [-0.05, 0) is 26.0 Å². The van der Waals surface area contributed by atoms with Gasteiger partial charge < -0.3 is 25.6 Å². The van der Waals surface area contributed by atoms with Crippen LogP contribution in [0.3, 0.4) is 0 Å². The largest absolute Gasteiger partial charge is 0.377 e. The number of urea groups is 1. The molecule has 3 N–H and O–H groups in total. The Kier molecular flexibility index (Phi) is 5.40. The summed E-state index contributed by atoms with van der Waals surface area (Å²) in [5.41, 5.74) is 4.93. The molecule has 0 spiro atoms. The molecule has 1 aromatic heterocycles. The van der Waals surface area contributed by atoms with Crippen molar-refractivity contribution in [2.45, 2.75) is 33.0 Å². The van der Waals surface area contributed by atoms with Crippen molar-refractivity contribution in [3.05, 3.63) is 35.5 Å². The Balaban J connectivity index is 1.64. The standard InChI is InChI=1S/C20H26N6O2/c1-3-22-20(27)23-15-6-4-14(5-7-15)18-16-10-21-11-17(16)24-19(25-18)26-8-9-28-12-13(26)2/h4-7,13,21H,3,8-12H2,1-2H3,(H2,22,23,27). The van der Waals surface area contributed by atoms with E-state index in [1.54, 1.807) is 0 Å². The number of amides is 2. The van der Waals surface area contributed by atoms with Crippen molar-refractivity contribution in [3.8, 4) is 11.3 Å². The molecule has 2 aliphatic rings. The van der Waals surface area contributed by atoms with E-state index in [0.29, 0.717) is 19.8 Å². The van der Waals surface area contributed by atoms with Crippen LogP contribution in [-0.4, -0.2) is 48.3 Å². The van der Waals surface area contributed by atoms with Crippen LogP contribution in [0, 0.1) is 0 Å². The van der Waals surface area contributed by atoms with E-state index in [0.717, 1.165) is 53.8 Å². The van der Waals surface area contributed by atoms with Gasteiger partial charge in [0.2, 0.25) is 5.95 Å². The molecule has 0 aliphatic carbocycles. The summed E-state index contributed by atoms with van der Waals surface area (Å²) >= 11 is 0. The summed E-state index contributed by atoms with van der Waals surface area (Å²) in [4.78, 5) is 23.7. The van der Waals surface area contributed by atoms with Gasteiger partial charge in [0.1, 0.15) is 0 Å². The Morgan fingerprint density at radius 1 is 1.29 bits per heavy atom. The lowest BCUT2D eigenvalue weighted by molar-refractivity contribution is 0.0981. The van der Waals surface area contributed by atoms with Gasteiger partial charge in [0.05, 0.1) is 30.6 Å². The number of aromatic nitrogens is 2. The third kappa shape index (κ3) is 3.79. The Hall–Kier alpha value is -2.71. The molecule has 8 nitrogen and oxygen atoms in total. The highest BCUT2D eigenvalue weighted by molar-refractivity contribution is 5.89. The number of fused-ring (bicyclic) bond motifs is 1. The third-order valence-electron chi connectivity index (χ3n) is 5.05. The Morgan fingerprint density at radius 2 is 2.11 bits per heavy atom. The summed E-state index contributed by atoms with van der Waals surface area (Å²) in [6.07, 6.45) is 0. The summed E-state index contributed by atoms with van der Waals surface area (Å²) in [5, 5.41) is 8.93. The van der Waals surface area contributed by atoms with Crippen molar-refractivity contribution < 1.29 is 9.53 Å². The van der Waals surface area contributed by atoms with Gasteiger partial charge >= 0.3 is 6.03 Å². The Bertz CT molecular complexity index is 855. The first-order valence-electron chi connectivity index (χ1n) is 9.76. The summed E-state index contributed by atoms with van der Waals surface area (Å²) in [7, 11) is 0. The van der Waals surface area contributed by atoms with Crippen molar-refractivity contribution in [3.63, 3.8) is 0 Å². The smallest absolute Gasteiger partial charge is 0.319 e. The molecule has 1 unspecified atom stereocenters. The fraction of sp³-hybridized carbons (Fsp3) is 0.450. The molecule has 4 rings (SSSR count). The topological polar surface area (TPSA) is 91.4 Å². The molecule has 1 saturated heterocycles. The van der Waals surface area contributed by atoms with Gasteiger partial charge in [-0.25, -0.2) is 14.8 Å². The number of carbonyl (C=O) groups is 1. The summed E-state index contributed by atoms with van der Waals surface area (Å²) in [6, 6.07) is 7.84. The quantitative estimate of drug-likeness (QED) is 0.750. The second kappa shape index (κ2) is 8.12. The van der Waals surface area contributed by atoms with E-state index in [2.05, 4.69) is 27.8 Å². The van der Waals surface area contributed by atoms with Crippen molar-refractivity contribution >= 4 is 17.7 Å². The second-order valence-corrected chi connectivity index (χ2v) is 7.08. The Morgan fingerprint density at radius 3 is 2.86 bits per heavy atom. The van der Waals surface area contributed by atoms with E-state index in [1.165, 1.54) is 0 Å². The fourth-order valence-electron chi connectivity index (χ4n) is 3.59. The lowest BCUT2D eigenvalue weighted by atomic mass is 10.1. The van der Waals surface area contributed by atoms with Crippen molar-refractivity contribution in [1.29, 1.82) is 0 Å². The molecule has 2 aromatic rings. The zero-order chi connectivity index (χ0) is 19.5. The highest BCUT2D eigenvalue weighted by atomic mass is 16.5. The van der Waals surface area contributed by atoms with Crippen LogP contribution in [0.2, 0.25) is 0 Å². The summed E-state index contributed by atoms with van der Waals surface area (Å²) in [6.45, 7) is 8.31. The maximum atomic E-state index is 11.7. The Labute approximate surface area is 164 Å². The SMILES string of the molecule is CCNC(=O)Nc1ccc(-c2nc(N3CCOCC3C)nc3c2CNC3)cc1. The van der Waals surface area contributed by atoms with E-state index < -0.39 is 0 Å². The van der Waals surface area contributed by atoms with E-state index in [9.17, 15) is 4.79 Å². The van der Waals surface area contributed by atoms with Crippen LogP contribution in [0.5, 0.6) is 0 Å². The number of ether oxygens (including phenoxy) is 1. The second-order valence-electron chi connectivity index (χ2n) is 7.08. The van der Waals surface area contributed by atoms with Gasteiger partial charge in [-0.2, -0.15) is 0 Å². The number of benzene rings is 1. The lowest BCUT2D eigenvalue weighted by Crippen LogP contribution is -2.44.